The highest BCUT2D eigenvalue weighted by molar-refractivity contribution is 5.95. The van der Waals surface area contributed by atoms with Crippen molar-refractivity contribution in [3.63, 3.8) is 0 Å². The van der Waals surface area contributed by atoms with E-state index in [9.17, 15) is 9.59 Å². The normalized spacial score (nSPS) is 16.3. The average molecular weight is 378 g/mol. The topological polar surface area (TPSA) is 59.1 Å². The molecule has 0 atom stereocenters. The lowest BCUT2D eigenvalue weighted by Gasteiger charge is -2.34. The molecule has 0 bridgehead atoms. The largest absolute Gasteiger partial charge is 0.486 e. The predicted molar refractivity (Wildman–Crippen MR) is 105 cm³/mol. The van der Waals surface area contributed by atoms with E-state index in [-0.39, 0.29) is 11.8 Å². The summed E-state index contributed by atoms with van der Waals surface area (Å²) in [6, 6.07) is 14.9. The van der Waals surface area contributed by atoms with Gasteiger partial charge in [-0.05, 0) is 35.9 Å². The van der Waals surface area contributed by atoms with Gasteiger partial charge in [0.2, 0.25) is 5.91 Å². The molecule has 0 unspecified atom stereocenters. The molecule has 28 heavy (non-hydrogen) atoms. The Morgan fingerprint density at radius 1 is 0.821 bits per heavy atom. The van der Waals surface area contributed by atoms with E-state index in [2.05, 4.69) is 0 Å². The van der Waals surface area contributed by atoms with Crippen molar-refractivity contribution >= 4 is 17.9 Å². The third-order valence-corrected chi connectivity index (χ3v) is 4.88. The van der Waals surface area contributed by atoms with Gasteiger partial charge in [0.15, 0.2) is 11.5 Å². The van der Waals surface area contributed by atoms with Gasteiger partial charge in [0, 0.05) is 37.8 Å². The number of hydrogen-bond acceptors (Lipinski definition) is 4. The Bertz CT molecular complexity index is 887. The second kappa shape index (κ2) is 8.17. The Kier molecular flexibility index (Phi) is 5.28. The molecule has 2 aromatic rings. The molecule has 0 saturated carbocycles. The zero-order valence-electron chi connectivity index (χ0n) is 15.5. The van der Waals surface area contributed by atoms with Crippen LogP contribution in [0.1, 0.15) is 15.9 Å². The molecule has 2 aliphatic heterocycles. The number of hydrogen-bond donors (Lipinski definition) is 0. The van der Waals surface area contributed by atoms with Gasteiger partial charge < -0.3 is 19.3 Å². The van der Waals surface area contributed by atoms with Gasteiger partial charge in [-0.25, -0.2) is 0 Å². The molecule has 1 saturated heterocycles. The van der Waals surface area contributed by atoms with Gasteiger partial charge >= 0.3 is 0 Å². The number of carbonyl (C=O) groups is 2. The minimum Gasteiger partial charge on any atom is -0.486 e. The minimum atomic E-state index is -0.0540. The highest BCUT2D eigenvalue weighted by Gasteiger charge is 2.23. The maximum atomic E-state index is 12.5. The Morgan fingerprint density at radius 3 is 2.25 bits per heavy atom. The molecule has 0 spiro atoms. The molecule has 2 heterocycles. The predicted octanol–water partition coefficient (Wildman–Crippen LogP) is 2.46. The number of fused-ring (bicyclic) bond motifs is 1. The van der Waals surface area contributed by atoms with E-state index in [1.165, 1.54) is 0 Å². The Hall–Kier alpha value is -3.28. The molecular weight excluding hydrogens is 356 g/mol. The van der Waals surface area contributed by atoms with Crippen molar-refractivity contribution in [2.75, 3.05) is 39.4 Å². The highest BCUT2D eigenvalue weighted by atomic mass is 16.6. The van der Waals surface area contributed by atoms with Crippen LogP contribution in [0.4, 0.5) is 0 Å². The second-order valence-corrected chi connectivity index (χ2v) is 6.72. The molecule has 2 aromatic carbocycles. The number of nitrogens with zero attached hydrogens (tertiary/aromatic N) is 2. The smallest absolute Gasteiger partial charge is 0.253 e. The van der Waals surface area contributed by atoms with Crippen LogP contribution in [0.5, 0.6) is 11.5 Å². The fourth-order valence-electron chi connectivity index (χ4n) is 3.33. The van der Waals surface area contributed by atoms with Crippen LogP contribution in [0.2, 0.25) is 0 Å². The first-order valence-electron chi connectivity index (χ1n) is 9.42. The fourth-order valence-corrected chi connectivity index (χ4v) is 3.33. The molecule has 0 aliphatic carbocycles. The lowest BCUT2D eigenvalue weighted by molar-refractivity contribution is -0.127. The molecule has 2 aliphatic rings. The maximum Gasteiger partial charge on any atom is 0.253 e. The Morgan fingerprint density at radius 2 is 1.50 bits per heavy atom. The van der Waals surface area contributed by atoms with E-state index in [1.807, 2.05) is 48.5 Å². The fraction of sp³-hybridized carbons (Fsp3) is 0.273. The summed E-state index contributed by atoms with van der Waals surface area (Å²) in [7, 11) is 0. The number of ether oxygens (including phenoxy) is 2. The Balaban J connectivity index is 1.33. The van der Waals surface area contributed by atoms with E-state index < -0.39 is 0 Å². The van der Waals surface area contributed by atoms with Gasteiger partial charge in [-0.1, -0.05) is 24.3 Å². The summed E-state index contributed by atoms with van der Waals surface area (Å²) in [5.74, 6) is 1.39. The molecule has 6 heteroatoms. The van der Waals surface area contributed by atoms with Crippen LogP contribution >= 0.6 is 0 Å². The van der Waals surface area contributed by atoms with E-state index in [0.29, 0.717) is 50.7 Å². The minimum absolute atomic E-state index is 0.0134. The second-order valence-electron chi connectivity index (χ2n) is 6.72. The van der Waals surface area contributed by atoms with Crippen LogP contribution in [0, 0.1) is 0 Å². The Labute approximate surface area is 164 Å². The first kappa shape index (κ1) is 18.1. The molecule has 1 fully saturated rings. The summed E-state index contributed by atoms with van der Waals surface area (Å²) < 4.78 is 11.1. The number of amides is 2. The SMILES string of the molecule is O=C(/C=C/c1ccc2c(c1)OCCO2)N1CCN(C(=O)c2ccccc2)CC1. The summed E-state index contributed by atoms with van der Waals surface area (Å²) in [6.45, 7) is 3.23. The molecular formula is C22H22N2O4. The zero-order chi connectivity index (χ0) is 19.3. The van der Waals surface area contributed by atoms with Crippen molar-refractivity contribution in [3.8, 4) is 11.5 Å². The first-order valence-corrected chi connectivity index (χ1v) is 9.42. The summed E-state index contributed by atoms with van der Waals surface area (Å²) in [5, 5.41) is 0. The average Bonchev–Trinajstić information content (AvgIpc) is 2.77. The molecule has 0 aromatic heterocycles. The van der Waals surface area contributed by atoms with Gasteiger partial charge in [-0.15, -0.1) is 0 Å². The first-order chi connectivity index (χ1) is 13.7. The van der Waals surface area contributed by atoms with Crippen molar-refractivity contribution in [2.45, 2.75) is 0 Å². The summed E-state index contributed by atoms with van der Waals surface area (Å²) in [5.41, 5.74) is 1.57. The standard InChI is InChI=1S/C22H22N2O4/c25-21(9-7-17-6-8-19-20(16-17)28-15-14-27-19)23-10-12-24(13-11-23)22(26)18-4-2-1-3-5-18/h1-9,16H,10-15H2/b9-7+. The number of piperazine rings is 1. The third kappa shape index (κ3) is 4.01. The van der Waals surface area contributed by atoms with Crippen LogP contribution in [-0.4, -0.2) is 61.0 Å². The van der Waals surface area contributed by atoms with Crippen molar-refractivity contribution in [3.05, 3.63) is 65.7 Å². The van der Waals surface area contributed by atoms with Crippen LogP contribution in [0.3, 0.4) is 0 Å². The van der Waals surface area contributed by atoms with Gasteiger partial charge in [-0.2, -0.15) is 0 Å². The van der Waals surface area contributed by atoms with Crippen LogP contribution in [0.15, 0.2) is 54.6 Å². The van der Waals surface area contributed by atoms with Gasteiger partial charge in [0.1, 0.15) is 13.2 Å². The summed E-state index contributed by atoms with van der Waals surface area (Å²) >= 11 is 0. The third-order valence-electron chi connectivity index (χ3n) is 4.88. The summed E-state index contributed by atoms with van der Waals surface area (Å²) in [4.78, 5) is 28.5. The highest BCUT2D eigenvalue weighted by Crippen LogP contribution is 2.31. The zero-order valence-corrected chi connectivity index (χ0v) is 15.5. The van der Waals surface area contributed by atoms with E-state index in [1.54, 1.807) is 22.0 Å². The number of benzene rings is 2. The van der Waals surface area contributed by atoms with Crippen LogP contribution in [0.25, 0.3) is 6.08 Å². The molecule has 2 amide bonds. The lowest BCUT2D eigenvalue weighted by atomic mass is 10.1. The van der Waals surface area contributed by atoms with E-state index >= 15 is 0 Å². The van der Waals surface area contributed by atoms with Gasteiger partial charge in [0.05, 0.1) is 0 Å². The molecule has 6 nitrogen and oxygen atoms in total. The van der Waals surface area contributed by atoms with Crippen molar-refractivity contribution < 1.29 is 19.1 Å². The molecule has 4 rings (SSSR count). The van der Waals surface area contributed by atoms with Crippen molar-refractivity contribution in [1.82, 2.24) is 9.80 Å². The van der Waals surface area contributed by atoms with E-state index in [4.69, 9.17) is 9.47 Å². The van der Waals surface area contributed by atoms with Crippen molar-refractivity contribution in [2.24, 2.45) is 0 Å². The number of carbonyl (C=O) groups excluding carboxylic acids is 2. The quantitative estimate of drug-likeness (QED) is 0.770. The number of rotatable bonds is 3. The summed E-state index contributed by atoms with van der Waals surface area (Å²) in [6.07, 6.45) is 3.35. The van der Waals surface area contributed by atoms with Crippen LogP contribution in [-0.2, 0) is 4.79 Å². The maximum absolute atomic E-state index is 12.5. The van der Waals surface area contributed by atoms with Gasteiger partial charge in [-0.3, -0.25) is 9.59 Å². The van der Waals surface area contributed by atoms with Crippen molar-refractivity contribution in [1.29, 1.82) is 0 Å². The van der Waals surface area contributed by atoms with Gasteiger partial charge in [0.25, 0.3) is 5.91 Å². The molecule has 0 N–H and O–H groups in total. The monoisotopic (exact) mass is 378 g/mol. The molecule has 144 valence electrons. The van der Waals surface area contributed by atoms with Crippen LogP contribution < -0.4 is 9.47 Å². The lowest BCUT2D eigenvalue weighted by Crippen LogP contribution is -2.50. The molecule has 0 radical (unpaired) electrons. The van der Waals surface area contributed by atoms with E-state index in [0.717, 1.165) is 11.3 Å².